The summed E-state index contributed by atoms with van der Waals surface area (Å²) in [5, 5.41) is 3.53. The van der Waals surface area contributed by atoms with Crippen molar-refractivity contribution in [2.24, 2.45) is 5.92 Å². The van der Waals surface area contributed by atoms with E-state index >= 15 is 0 Å². The van der Waals surface area contributed by atoms with E-state index in [0.29, 0.717) is 12.1 Å². The highest BCUT2D eigenvalue weighted by Gasteiger charge is 2.26. The standard InChI is InChI=1S/C19H32N2/c1-4-9-17-10-8-14-21(15-13-17)16(2)19(20-3)18-11-6-5-7-12-18/h5-7,11-12,16-17,19-20H,4,8-10,13-15H2,1-3H3. The minimum atomic E-state index is 0.425. The molecule has 0 aromatic heterocycles. The third-order valence-corrected chi connectivity index (χ3v) is 5.11. The monoisotopic (exact) mass is 288 g/mol. The van der Waals surface area contributed by atoms with Gasteiger partial charge in [0, 0.05) is 12.1 Å². The summed E-state index contributed by atoms with van der Waals surface area (Å²) in [5.74, 6) is 0.956. The minimum Gasteiger partial charge on any atom is -0.312 e. The SMILES string of the molecule is CCCC1CCCN(C(C)C(NC)c2ccccc2)CC1. The molecule has 1 aromatic carbocycles. The van der Waals surface area contributed by atoms with Crippen molar-refractivity contribution in [3.8, 4) is 0 Å². The molecule has 118 valence electrons. The van der Waals surface area contributed by atoms with Gasteiger partial charge in [0.25, 0.3) is 0 Å². The van der Waals surface area contributed by atoms with Gasteiger partial charge in [0.15, 0.2) is 0 Å². The lowest BCUT2D eigenvalue weighted by molar-refractivity contribution is 0.176. The Hall–Kier alpha value is -0.860. The van der Waals surface area contributed by atoms with E-state index in [0.717, 1.165) is 5.92 Å². The molecule has 2 rings (SSSR count). The summed E-state index contributed by atoms with van der Waals surface area (Å²) in [6, 6.07) is 11.9. The van der Waals surface area contributed by atoms with Crippen LogP contribution in [-0.2, 0) is 0 Å². The van der Waals surface area contributed by atoms with Gasteiger partial charge in [-0.05, 0) is 57.8 Å². The number of nitrogens with zero attached hydrogens (tertiary/aromatic N) is 1. The van der Waals surface area contributed by atoms with Gasteiger partial charge in [-0.2, -0.15) is 0 Å². The van der Waals surface area contributed by atoms with Crippen LogP contribution in [0.2, 0.25) is 0 Å². The van der Waals surface area contributed by atoms with Crippen molar-refractivity contribution in [1.82, 2.24) is 10.2 Å². The van der Waals surface area contributed by atoms with Gasteiger partial charge in [0.1, 0.15) is 0 Å². The van der Waals surface area contributed by atoms with Crippen LogP contribution in [-0.4, -0.2) is 31.1 Å². The normalized spacial score (nSPS) is 23.5. The van der Waals surface area contributed by atoms with Gasteiger partial charge in [-0.25, -0.2) is 0 Å². The fraction of sp³-hybridized carbons (Fsp3) is 0.684. The molecule has 1 aromatic rings. The summed E-state index contributed by atoms with van der Waals surface area (Å²) >= 11 is 0. The van der Waals surface area contributed by atoms with Gasteiger partial charge in [-0.1, -0.05) is 50.1 Å². The summed E-state index contributed by atoms with van der Waals surface area (Å²) in [6.45, 7) is 7.22. The molecule has 1 heterocycles. The summed E-state index contributed by atoms with van der Waals surface area (Å²) in [6.07, 6.45) is 6.91. The number of nitrogens with one attached hydrogen (secondary N) is 1. The lowest BCUT2D eigenvalue weighted by atomic mass is 9.96. The van der Waals surface area contributed by atoms with Crippen LogP contribution in [0.15, 0.2) is 30.3 Å². The molecule has 0 bridgehead atoms. The predicted molar refractivity (Wildman–Crippen MR) is 91.5 cm³/mol. The van der Waals surface area contributed by atoms with E-state index in [1.54, 1.807) is 0 Å². The van der Waals surface area contributed by atoms with Crippen molar-refractivity contribution in [2.75, 3.05) is 20.1 Å². The van der Waals surface area contributed by atoms with Crippen molar-refractivity contribution in [3.05, 3.63) is 35.9 Å². The molecule has 2 heteroatoms. The third kappa shape index (κ3) is 4.55. The zero-order valence-electron chi connectivity index (χ0n) is 14.0. The van der Waals surface area contributed by atoms with E-state index in [9.17, 15) is 0 Å². The van der Waals surface area contributed by atoms with Gasteiger partial charge in [0.05, 0.1) is 0 Å². The van der Waals surface area contributed by atoms with Crippen molar-refractivity contribution < 1.29 is 0 Å². The molecule has 3 unspecified atom stereocenters. The second-order valence-electron chi connectivity index (χ2n) is 6.54. The highest BCUT2D eigenvalue weighted by molar-refractivity contribution is 5.20. The Morgan fingerprint density at radius 3 is 2.62 bits per heavy atom. The molecular formula is C19H32N2. The van der Waals surface area contributed by atoms with E-state index in [4.69, 9.17) is 0 Å². The summed E-state index contributed by atoms with van der Waals surface area (Å²) < 4.78 is 0. The smallest absolute Gasteiger partial charge is 0.0473 e. The molecule has 0 amide bonds. The fourth-order valence-corrected chi connectivity index (χ4v) is 3.85. The Kier molecular flexibility index (Phi) is 6.72. The highest BCUT2D eigenvalue weighted by Crippen LogP contribution is 2.26. The van der Waals surface area contributed by atoms with Crippen LogP contribution >= 0.6 is 0 Å². The molecule has 1 saturated heterocycles. The third-order valence-electron chi connectivity index (χ3n) is 5.11. The fourth-order valence-electron chi connectivity index (χ4n) is 3.85. The van der Waals surface area contributed by atoms with Gasteiger partial charge in [0.2, 0.25) is 0 Å². The van der Waals surface area contributed by atoms with Crippen LogP contribution in [0, 0.1) is 5.92 Å². The number of hydrogen-bond acceptors (Lipinski definition) is 2. The van der Waals surface area contributed by atoms with Crippen molar-refractivity contribution >= 4 is 0 Å². The Morgan fingerprint density at radius 1 is 1.19 bits per heavy atom. The zero-order chi connectivity index (χ0) is 15.1. The lowest BCUT2D eigenvalue weighted by Gasteiger charge is -2.34. The van der Waals surface area contributed by atoms with Crippen molar-refractivity contribution in [3.63, 3.8) is 0 Å². The average molecular weight is 288 g/mol. The second kappa shape index (κ2) is 8.55. The second-order valence-corrected chi connectivity index (χ2v) is 6.54. The number of hydrogen-bond donors (Lipinski definition) is 1. The largest absolute Gasteiger partial charge is 0.312 e. The molecule has 2 nitrogen and oxygen atoms in total. The predicted octanol–water partition coefficient (Wildman–Crippen LogP) is 4.24. The highest BCUT2D eigenvalue weighted by atomic mass is 15.2. The van der Waals surface area contributed by atoms with E-state index in [2.05, 4.69) is 61.4 Å². The topological polar surface area (TPSA) is 15.3 Å². The maximum Gasteiger partial charge on any atom is 0.0473 e. The molecule has 1 fully saturated rings. The average Bonchev–Trinajstić information content (AvgIpc) is 2.75. The Bertz CT molecular complexity index is 390. The molecule has 1 aliphatic rings. The van der Waals surface area contributed by atoms with Crippen LogP contribution < -0.4 is 5.32 Å². The molecule has 21 heavy (non-hydrogen) atoms. The van der Waals surface area contributed by atoms with Gasteiger partial charge >= 0.3 is 0 Å². The minimum absolute atomic E-state index is 0.425. The van der Waals surface area contributed by atoms with Crippen molar-refractivity contribution in [2.45, 2.75) is 58.0 Å². The van der Waals surface area contributed by atoms with E-state index in [-0.39, 0.29) is 0 Å². The van der Waals surface area contributed by atoms with Gasteiger partial charge in [-0.3, -0.25) is 4.90 Å². The number of likely N-dealkylation sites (tertiary alicyclic amines) is 1. The molecule has 0 spiro atoms. The first kappa shape index (κ1) is 16.5. The Labute approximate surface area is 130 Å². The molecule has 1 aliphatic heterocycles. The summed E-state index contributed by atoms with van der Waals surface area (Å²) in [4.78, 5) is 2.70. The van der Waals surface area contributed by atoms with Crippen molar-refractivity contribution in [1.29, 1.82) is 0 Å². The maximum atomic E-state index is 3.53. The summed E-state index contributed by atoms with van der Waals surface area (Å²) in [5.41, 5.74) is 1.40. The number of rotatable bonds is 6. The molecule has 0 aliphatic carbocycles. The lowest BCUT2D eigenvalue weighted by Crippen LogP contribution is -2.42. The number of likely N-dealkylation sites (N-methyl/N-ethyl adjacent to an activating group) is 1. The molecule has 0 saturated carbocycles. The summed E-state index contributed by atoms with van der Waals surface area (Å²) in [7, 11) is 2.09. The molecule has 0 radical (unpaired) electrons. The van der Waals surface area contributed by atoms with Gasteiger partial charge < -0.3 is 5.32 Å². The Morgan fingerprint density at radius 2 is 1.95 bits per heavy atom. The quantitative estimate of drug-likeness (QED) is 0.842. The molecular weight excluding hydrogens is 256 g/mol. The van der Waals surface area contributed by atoms with Crippen LogP contribution in [0.3, 0.4) is 0 Å². The van der Waals surface area contributed by atoms with Gasteiger partial charge in [-0.15, -0.1) is 0 Å². The zero-order valence-corrected chi connectivity index (χ0v) is 14.0. The molecule has 1 N–H and O–H groups in total. The van der Waals surface area contributed by atoms with Crippen LogP contribution in [0.5, 0.6) is 0 Å². The van der Waals surface area contributed by atoms with E-state index in [1.807, 2.05) is 0 Å². The van der Waals surface area contributed by atoms with Crippen LogP contribution in [0.1, 0.15) is 57.6 Å². The Balaban J connectivity index is 1.99. The molecule has 3 atom stereocenters. The maximum absolute atomic E-state index is 3.53. The number of benzene rings is 1. The first-order chi connectivity index (χ1) is 10.3. The first-order valence-corrected chi connectivity index (χ1v) is 8.72. The van der Waals surface area contributed by atoms with E-state index < -0.39 is 0 Å². The van der Waals surface area contributed by atoms with Crippen LogP contribution in [0.25, 0.3) is 0 Å². The van der Waals surface area contributed by atoms with Crippen LogP contribution in [0.4, 0.5) is 0 Å². The first-order valence-electron chi connectivity index (χ1n) is 8.72. The van der Waals surface area contributed by atoms with E-state index in [1.165, 1.54) is 50.8 Å².